The van der Waals surface area contributed by atoms with Crippen LogP contribution >= 0.6 is 0 Å². The van der Waals surface area contributed by atoms with Gasteiger partial charge in [0.25, 0.3) is 0 Å². The lowest BCUT2D eigenvalue weighted by Gasteiger charge is -2.45. The van der Waals surface area contributed by atoms with Gasteiger partial charge in [0.05, 0.1) is 5.41 Å². The van der Waals surface area contributed by atoms with E-state index in [9.17, 15) is 22.8 Å². The lowest BCUT2D eigenvalue weighted by atomic mass is 9.59. The Morgan fingerprint density at radius 1 is 0.917 bits per heavy atom. The van der Waals surface area contributed by atoms with E-state index in [1.54, 1.807) is 6.92 Å². The van der Waals surface area contributed by atoms with Gasteiger partial charge < -0.3 is 9.47 Å². The minimum Gasteiger partial charge on any atom is -0.454 e. The number of esters is 2. The SMILES string of the molecule is CCC(C)(C)C(C)(CC(C)(C)C)C(=O)OCC(=O)OCC(F)(F)F. The van der Waals surface area contributed by atoms with Gasteiger partial charge in [-0.15, -0.1) is 0 Å². The van der Waals surface area contributed by atoms with Crippen molar-refractivity contribution in [2.24, 2.45) is 16.2 Å². The molecule has 0 saturated carbocycles. The molecule has 0 aromatic heterocycles. The molecule has 0 aliphatic rings. The van der Waals surface area contributed by atoms with Crippen molar-refractivity contribution in [1.82, 2.24) is 0 Å². The second-order valence-electron chi connectivity index (χ2n) is 8.16. The molecule has 0 aliphatic heterocycles. The molecular formula is C17H29F3O4. The third-order valence-electron chi connectivity index (χ3n) is 4.43. The lowest BCUT2D eigenvalue weighted by molar-refractivity contribution is -0.192. The summed E-state index contributed by atoms with van der Waals surface area (Å²) in [5.74, 6) is -1.82. The van der Waals surface area contributed by atoms with Gasteiger partial charge >= 0.3 is 18.1 Å². The molecule has 0 amide bonds. The zero-order chi connectivity index (χ0) is 19.4. The first-order chi connectivity index (χ1) is 10.5. The monoisotopic (exact) mass is 354 g/mol. The number of ether oxygens (including phenoxy) is 2. The molecule has 0 aromatic carbocycles. The van der Waals surface area contributed by atoms with Crippen LogP contribution in [0.3, 0.4) is 0 Å². The van der Waals surface area contributed by atoms with E-state index in [1.807, 2.05) is 41.5 Å². The van der Waals surface area contributed by atoms with Gasteiger partial charge in [-0.3, -0.25) is 4.79 Å². The fraction of sp³-hybridized carbons (Fsp3) is 0.882. The molecule has 24 heavy (non-hydrogen) atoms. The van der Waals surface area contributed by atoms with Gasteiger partial charge in [0, 0.05) is 0 Å². The van der Waals surface area contributed by atoms with Crippen molar-refractivity contribution in [3.63, 3.8) is 0 Å². The minimum absolute atomic E-state index is 0.170. The van der Waals surface area contributed by atoms with Crippen LogP contribution < -0.4 is 0 Å². The lowest BCUT2D eigenvalue weighted by Crippen LogP contribution is -2.46. The van der Waals surface area contributed by atoms with Crippen LogP contribution in [0.15, 0.2) is 0 Å². The highest BCUT2D eigenvalue weighted by Gasteiger charge is 2.49. The van der Waals surface area contributed by atoms with Crippen molar-refractivity contribution in [2.45, 2.75) is 67.5 Å². The van der Waals surface area contributed by atoms with Crippen LogP contribution in [0.1, 0.15) is 61.3 Å². The Morgan fingerprint density at radius 2 is 1.42 bits per heavy atom. The molecule has 0 fully saturated rings. The Bertz CT molecular complexity index is 450. The molecule has 0 heterocycles. The van der Waals surface area contributed by atoms with Crippen LogP contribution in [0.2, 0.25) is 0 Å². The number of hydrogen-bond acceptors (Lipinski definition) is 4. The predicted molar refractivity (Wildman–Crippen MR) is 84.2 cm³/mol. The average Bonchev–Trinajstić information content (AvgIpc) is 2.39. The molecule has 1 unspecified atom stereocenters. The predicted octanol–water partition coefficient (Wildman–Crippen LogP) is 4.51. The van der Waals surface area contributed by atoms with E-state index in [2.05, 4.69) is 4.74 Å². The number of hydrogen-bond donors (Lipinski definition) is 0. The third kappa shape index (κ3) is 7.09. The number of carbonyl (C=O) groups excluding carboxylic acids is 2. The van der Waals surface area contributed by atoms with Crippen molar-refractivity contribution >= 4 is 11.9 Å². The second kappa shape index (κ2) is 7.74. The van der Waals surface area contributed by atoms with Gasteiger partial charge in [0.15, 0.2) is 13.2 Å². The summed E-state index contributed by atoms with van der Waals surface area (Å²) in [5, 5.41) is 0. The maximum atomic E-state index is 12.6. The van der Waals surface area contributed by atoms with E-state index >= 15 is 0 Å². The van der Waals surface area contributed by atoms with Crippen molar-refractivity contribution < 1.29 is 32.2 Å². The highest BCUT2D eigenvalue weighted by atomic mass is 19.4. The van der Waals surface area contributed by atoms with Crippen LogP contribution in [0, 0.1) is 16.2 Å². The number of carbonyl (C=O) groups is 2. The zero-order valence-electron chi connectivity index (χ0n) is 15.6. The molecule has 0 aliphatic carbocycles. The van der Waals surface area contributed by atoms with Crippen LogP contribution in [0.5, 0.6) is 0 Å². The maximum absolute atomic E-state index is 12.6. The topological polar surface area (TPSA) is 52.6 Å². The second-order valence-corrected chi connectivity index (χ2v) is 8.16. The van der Waals surface area contributed by atoms with Crippen molar-refractivity contribution in [3.05, 3.63) is 0 Å². The number of alkyl halides is 3. The molecule has 4 nitrogen and oxygen atoms in total. The summed E-state index contributed by atoms with van der Waals surface area (Å²) in [4.78, 5) is 23.9. The van der Waals surface area contributed by atoms with Crippen molar-refractivity contribution in [1.29, 1.82) is 0 Å². The Balaban J connectivity index is 5.00. The van der Waals surface area contributed by atoms with Gasteiger partial charge in [0.1, 0.15) is 0 Å². The standard InChI is InChI=1S/C17H29F3O4/c1-8-15(5,6)16(7,10-14(2,3)4)13(22)23-9-12(21)24-11-17(18,19)20/h8-11H2,1-7H3. The molecule has 0 spiro atoms. The highest BCUT2D eigenvalue weighted by Crippen LogP contribution is 2.49. The molecule has 142 valence electrons. The van der Waals surface area contributed by atoms with E-state index < -0.39 is 42.2 Å². The maximum Gasteiger partial charge on any atom is 0.422 e. The first-order valence-corrected chi connectivity index (χ1v) is 7.94. The Morgan fingerprint density at radius 3 is 1.79 bits per heavy atom. The number of halogens is 3. The summed E-state index contributed by atoms with van der Waals surface area (Å²) in [5.41, 5.74) is -1.46. The van der Waals surface area contributed by atoms with Crippen LogP contribution in [0.4, 0.5) is 13.2 Å². The summed E-state index contributed by atoms with van der Waals surface area (Å²) in [6.45, 7) is 11.0. The van der Waals surface area contributed by atoms with E-state index in [-0.39, 0.29) is 5.41 Å². The molecule has 0 N–H and O–H groups in total. The van der Waals surface area contributed by atoms with Gasteiger partial charge in [0.2, 0.25) is 0 Å². The van der Waals surface area contributed by atoms with E-state index in [0.29, 0.717) is 12.8 Å². The molecule has 0 saturated heterocycles. The fourth-order valence-electron chi connectivity index (χ4n) is 2.53. The van der Waals surface area contributed by atoms with Crippen LogP contribution in [-0.2, 0) is 19.1 Å². The molecule has 0 radical (unpaired) electrons. The molecular weight excluding hydrogens is 325 g/mol. The average molecular weight is 354 g/mol. The highest BCUT2D eigenvalue weighted by molar-refractivity contribution is 5.81. The van der Waals surface area contributed by atoms with Crippen LogP contribution in [-0.4, -0.2) is 31.3 Å². The molecule has 0 bridgehead atoms. The summed E-state index contributed by atoms with van der Waals surface area (Å²) in [6.07, 6.45) is -3.39. The van der Waals surface area contributed by atoms with Gasteiger partial charge in [-0.25, -0.2) is 4.79 Å². The molecule has 7 heteroatoms. The van der Waals surface area contributed by atoms with Crippen molar-refractivity contribution in [3.8, 4) is 0 Å². The molecule has 0 aromatic rings. The Hall–Kier alpha value is -1.27. The summed E-state index contributed by atoms with van der Waals surface area (Å²) >= 11 is 0. The quantitative estimate of drug-likeness (QED) is 0.631. The Kier molecular flexibility index (Phi) is 7.33. The Labute approximate surface area is 142 Å². The van der Waals surface area contributed by atoms with Gasteiger partial charge in [-0.2, -0.15) is 13.2 Å². The molecule has 0 rings (SSSR count). The first kappa shape index (κ1) is 22.7. The van der Waals surface area contributed by atoms with Crippen molar-refractivity contribution in [2.75, 3.05) is 13.2 Å². The van der Waals surface area contributed by atoms with E-state index in [0.717, 1.165) is 0 Å². The first-order valence-electron chi connectivity index (χ1n) is 7.94. The summed E-state index contributed by atoms with van der Waals surface area (Å²) < 4.78 is 45.0. The minimum atomic E-state index is -4.61. The third-order valence-corrected chi connectivity index (χ3v) is 4.43. The number of rotatable bonds is 7. The summed E-state index contributed by atoms with van der Waals surface area (Å²) in [6, 6.07) is 0. The normalized spacial score (nSPS) is 15.6. The van der Waals surface area contributed by atoms with Gasteiger partial charge in [-0.05, 0) is 30.6 Å². The largest absolute Gasteiger partial charge is 0.454 e. The molecule has 1 atom stereocenters. The fourth-order valence-corrected chi connectivity index (χ4v) is 2.53. The van der Waals surface area contributed by atoms with Gasteiger partial charge in [-0.1, -0.05) is 41.5 Å². The smallest absolute Gasteiger partial charge is 0.422 e. The summed E-state index contributed by atoms with van der Waals surface area (Å²) in [7, 11) is 0. The van der Waals surface area contributed by atoms with E-state index in [4.69, 9.17) is 4.74 Å². The zero-order valence-corrected chi connectivity index (χ0v) is 15.6. The van der Waals surface area contributed by atoms with Crippen LogP contribution in [0.25, 0.3) is 0 Å². The van der Waals surface area contributed by atoms with E-state index in [1.165, 1.54) is 0 Å².